The first kappa shape index (κ1) is 13.0. The average molecular weight is 211 g/mol. The Morgan fingerprint density at radius 2 is 1.00 bits per heavy atom. The summed E-state index contributed by atoms with van der Waals surface area (Å²) in [4.78, 5) is 2.57. The molecule has 0 aromatic heterocycles. The van der Waals surface area contributed by atoms with E-state index in [-0.39, 0.29) is 11.1 Å². The Bertz CT molecular complexity index is 189. The van der Waals surface area contributed by atoms with E-state index in [1.54, 1.807) is 0 Å². The molecule has 0 aromatic carbocycles. The molecule has 15 heavy (non-hydrogen) atoms. The highest BCUT2D eigenvalue weighted by molar-refractivity contribution is 5.08. The SMILES string of the molecule is CC1C(C)(C)C(C)C(C)(C)N(C)C1(C)C. The fourth-order valence-corrected chi connectivity index (χ4v) is 3.52. The van der Waals surface area contributed by atoms with Crippen molar-refractivity contribution in [3.05, 3.63) is 0 Å². The van der Waals surface area contributed by atoms with Gasteiger partial charge < -0.3 is 0 Å². The number of rotatable bonds is 0. The zero-order chi connectivity index (χ0) is 12.2. The van der Waals surface area contributed by atoms with Gasteiger partial charge in [-0.25, -0.2) is 0 Å². The van der Waals surface area contributed by atoms with Crippen LogP contribution in [0.2, 0.25) is 0 Å². The Kier molecular flexibility index (Phi) is 2.80. The standard InChI is InChI=1S/C14H29N/c1-10-12(3,4)11(2)14(7,8)15(9)13(10,5)6/h10-11H,1-9H3. The lowest BCUT2D eigenvalue weighted by Crippen LogP contribution is -2.68. The van der Waals surface area contributed by atoms with E-state index in [0.29, 0.717) is 17.3 Å². The van der Waals surface area contributed by atoms with Crippen LogP contribution >= 0.6 is 0 Å². The number of nitrogens with zero attached hydrogens (tertiary/aromatic N) is 1. The first-order valence-corrected chi connectivity index (χ1v) is 6.20. The summed E-state index contributed by atoms with van der Waals surface area (Å²) in [6.07, 6.45) is 0. The molecule has 0 aromatic rings. The monoisotopic (exact) mass is 211 g/mol. The van der Waals surface area contributed by atoms with Gasteiger partial charge in [-0.2, -0.15) is 0 Å². The van der Waals surface area contributed by atoms with Crippen LogP contribution < -0.4 is 0 Å². The zero-order valence-electron chi connectivity index (χ0n) is 12.1. The lowest BCUT2D eigenvalue weighted by molar-refractivity contribution is -0.145. The van der Waals surface area contributed by atoms with Crippen molar-refractivity contribution in [3.8, 4) is 0 Å². The van der Waals surface area contributed by atoms with Gasteiger partial charge in [0.05, 0.1) is 0 Å². The molecule has 0 spiro atoms. The third-order valence-electron chi connectivity index (χ3n) is 6.08. The molecule has 0 N–H and O–H groups in total. The molecule has 0 aliphatic carbocycles. The maximum Gasteiger partial charge on any atom is 0.0186 e. The van der Waals surface area contributed by atoms with E-state index in [1.807, 2.05) is 0 Å². The summed E-state index contributed by atoms with van der Waals surface area (Å²) in [7, 11) is 2.28. The highest BCUT2D eigenvalue weighted by atomic mass is 15.2. The summed E-state index contributed by atoms with van der Waals surface area (Å²) in [6.45, 7) is 19.2. The highest BCUT2D eigenvalue weighted by Crippen LogP contribution is 2.54. The van der Waals surface area contributed by atoms with E-state index in [0.717, 1.165) is 0 Å². The van der Waals surface area contributed by atoms with Gasteiger partial charge in [0.25, 0.3) is 0 Å². The molecule has 1 rings (SSSR count). The van der Waals surface area contributed by atoms with Gasteiger partial charge in [0.15, 0.2) is 0 Å². The van der Waals surface area contributed by atoms with Crippen molar-refractivity contribution in [2.24, 2.45) is 17.3 Å². The molecule has 1 aliphatic rings. The zero-order valence-corrected chi connectivity index (χ0v) is 12.1. The van der Waals surface area contributed by atoms with E-state index >= 15 is 0 Å². The maximum atomic E-state index is 2.57. The normalized spacial score (nSPS) is 39.0. The molecule has 1 heteroatoms. The largest absolute Gasteiger partial charge is 0.296 e. The van der Waals surface area contributed by atoms with Crippen molar-refractivity contribution in [1.29, 1.82) is 0 Å². The van der Waals surface area contributed by atoms with Gasteiger partial charge in [0, 0.05) is 11.1 Å². The quantitative estimate of drug-likeness (QED) is 0.589. The van der Waals surface area contributed by atoms with Crippen molar-refractivity contribution < 1.29 is 0 Å². The van der Waals surface area contributed by atoms with E-state index in [2.05, 4.69) is 67.3 Å². The van der Waals surface area contributed by atoms with Crippen molar-refractivity contribution in [1.82, 2.24) is 4.90 Å². The number of hydrogen-bond donors (Lipinski definition) is 0. The third-order valence-corrected chi connectivity index (χ3v) is 6.08. The van der Waals surface area contributed by atoms with Crippen LogP contribution in [0.3, 0.4) is 0 Å². The van der Waals surface area contributed by atoms with Crippen LogP contribution in [-0.4, -0.2) is 23.0 Å². The van der Waals surface area contributed by atoms with Crippen molar-refractivity contribution in [2.75, 3.05) is 7.05 Å². The Morgan fingerprint density at radius 1 is 0.733 bits per heavy atom. The molecular weight excluding hydrogens is 182 g/mol. The second-order valence-corrected chi connectivity index (χ2v) is 7.13. The average Bonchev–Trinajstić information content (AvgIpc) is 2.12. The minimum absolute atomic E-state index is 0.277. The van der Waals surface area contributed by atoms with Crippen LogP contribution in [0.5, 0.6) is 0 Å². The summed E-state index contributed by atoms with van der Waals surface area (Å²) in [5.41, 5.74) is 0.957. The minimum Gasteiger partial charge on any atom is -0.296 e. The second kappa shape index (κ2) is 3.23. The first-order chi connectivity index (χ1) is 6.46. The van der Waals surface area contributed by atoms with Crippen LogP contribution in [0, 0.1) is 17.3 Å². The van der Waals surface area contributed by atoms with Gasteiger partial charge in [-0.1, -0.05) is 27.7 Å². The number of likely N-dealkylation sites (tertiary alicyclic amines) is 1. The van der Waals surface area contributed by atoms with Gasteiger partial charge in [0.1, 0.15) is 0 Å². The third kappa shape index (κ3) is 1.54. The first-order valence-electron chi connectivity index (χ1n) is 6.20. The molecular formula is C14H29N. The molecule has 90 valence electrons. The van der Waals surface area contributed by atoms with E-state index in [4.69, 9.17) is 0 Å². The maximum absolute atomic E-state index is 2.57. The minimum atomic E-state index is 0.277. The Morgan fingerprint density at radius 3 is 1.27 bits per heavy atom. The van der Waals surface area contributed by atoms with Gasteiger partial charge in [-0.15, -0.1) is 0 Å². The van der Waals surface area contributed by atoms with Gasteiger partial charge >= 0.3 is 0 Å². The second-order valence-electron chi connectivity index (χ2n) is 7.13. The number of hydrogen-bond acceptors (Lipinski definition) is 1. The van der Waals surface area contributed by atoms with Crippen molar-refractivity contribution in [3.63, 3.8) is 0 Å². The summed E-state index contributed by atoms with van der Waals surface area (Å²) in [5.74, 6) is 1.41. The lowest BCUT2D eigenvalue weighted by atomic mass is 9.54. The summed E-state index contributed by atoms with van der Waals surface area (Å²) in [6, 6.07) is 0. The molecule has 0 saturated carbocycles. The molecule has 1 heterocycles. The van der Waals surface area contributed by atoms with Gasteiger partial charge in [-0.3, -0.25) is 4.90 Å². The van der Waals surface area contributed by atoms with Gasteiger partial charge in [-0.05, 0) is 52.0 Å². The highest BCUT2D eigenvalue weighted by Gasteiger charge is 2.55. The van der Waals surface area contributed by atoms with E-state index in [9.17, 15) is 0 Å². The van der Waals surface area contributed by atoms with E-state index in [1.165, 1.54) is 0 Å². The summed E-state index contributed by atoms with van der Waals surface area (Å²) in [5, 5.41) is 0. The fourth-order valence-electron chi connectivity index (χ4n) is 3.52. The molecule has 0 bridgehead atoms. The van der Waals surface area contributed by atoms with Crippen LogP contribution in [-0.2, 0) is 0 Å². The van der Waals surface area contributed by atoms with Crippen molar-refractivity contribution in [2.45, 2.75) is 66.5 Å². The van der Waals surface area contributed by atoms with Crippen LogP contribution in [0.1, 0.15) is 55.4 Å². The molecule has 1 saturated heterocycles. The topological polar surface area (TPSA) is 3.24 Å². The molecule has 2 atom stereocenters. The Balaban J connectivity index is 3.24. The Labute approximate surface area is 96.2 Å². The summed E-state index contributed by atoms with van der Waals surface area (Å²) >= 11 is 0. The molecule has 1 fully saturated rings. The van der Waals surface area contributed by atoms with Crippen LogP contribution in [0.15, 0.2) is 0 Å². The molecule has 2 unspecified atom stereocenters. The van der Waals surface area contributed by atoms with Crippen LogP contribution in [0.4, 0.5) is 0 Å². The molecule has 1 aliphatic heterocycles. The Hall–Kier alpha value is -0.0400. The summed E-state index contributed by atoms with van der Waals surface area (Å²) < 4.78 is 0. The lowest BCUT2D eigenvalue weighted by Gasteiger charge is -2.64. The predicted molar refractivity (Wildman–Crippen MR) is 68.0 cm³/mol. The number of piperidine rings is 1. The van der Waals surface area contributed by atoms with E-state index < -0.39 is 0 Å². The molecule has 0 radical (unpaired) electrons. The van der Waals surface area contributed by atoms with Crippen molar-refractivity contribution >= 4 is 0 Å². The fraction of sp³-hybridized carbons (Fsp3) is 1.00. The molecule has 1 nitrogen and oxygen atoms in total. The smallest absolute Gasteiger partial charge is 0.0186 e. The van der Waals surface area contributed by atoms with Crippen LogP contribution in [0.25, 0.3) is 0 Å². The molecule has 0 amide bonds. The van der Waals surface area contributed by atoms with Gasteiger partial charge in [0.2, 0.25) is 0 Å². The predicted octanol–water partition coefficient (Wildman–Crippen LogP) is 3.79.